The van der Waals surface area contributed by atoms with Crippen LogP contribution < -0.4 is 10.6 Å². The first-order valence-corrected chi connectivity index (χ1v) is 6.86. The van der Waals surface area contributed by atoms with Crippen molar-refractivity contribution in [3.05, 3.63) is 48.6 Å². The molecule has 0 aliphatic rings. The monoisotopic (exact) mass is 291 g/mol. The number of rotatable bonds is 5. The van der Waals surface area contributed by atoms with E-state index in [-0.39, 0.29) is 18.2 Å². The molecule has 0 bridgehead atoms. The van der Waals surface area contributed by atoms with Gasteiger partial charge in [0.2, 0.25) is 5.91 Å². The summed E-state index contributed by atoms with van der Waals surface area (Å²) < 4.78 is 5.05. The van der Waals surface area contributed by atoms with Crippen molar-refractivity contribution in [3.8, 4) is 0 Å². The van der Waals surface area contributed by atoms with Gasteiger partial charge < -0.3 is 9.73 Å². The summed E-state index contributed by atoms with van der Waals surface area (Å²) in [6.45, 7) is 0.236. The number of urea groups is 1. The van der Waals surface area contributed by atoms with Crippen molar-refractivity contribution in [1.29, 1.82) is 0 Å². The Morgan fingerprint density at radius 2 is 2.15 bits per heavy atom. The number of carbonyl (C=O) groups is 2. The minimum atomic E-state index is -0.548. The third-order valence-corrected chi connectivity index (χ3v) is 3.19. The number of amides is 3. The van der Waals surface area contributed by atoms with Crippen molar-refractivity contribution in [3.63, 3.8) is 0 Å². The third kappa shape index (κ3) is 4.77. The highest BCUT2D eigenvalue weighted by Crippen LogP contribution is 2.12. The van der Waals surface area contributed by atoms with Gasteiger partial charge in [-0.05, 0) is 24.3 Å². The molecule has 2 aromatic heterocycles. The third-order valence-electron chi connectivity index (χ3n) is 2.25. The highest BCUT2D eigenvalue weighted by Gasteiger charge is 2.08. The number of imide groups is 1. The number of nitrogens with zero attached hydrogens (tertiary/aromatic N) is 1. The lowest BCUT2D eigenvalue weighted by molar-refractivity contribution is -0.117. The maximum Gasteiger partial charge on any atom is 0.321 e. The van der Waals surface area contributed by atoms with E-state index in [1.807, 2.05) is 6.07 Å². The van der Waals surface area contributed by atoms with Crippen LogP contribution in [0.3, 0.4) is 0 Å². The smallest absolute Gasteiger partial charge is 0.321 e. The standard InChI is InChI=1S/C13H13N3O3S/c17-11(9-20-12-5-1-2-6-14-12)16-13(18)15-8-10-4-3-7-19-10/h1-7H,8-9H2,(H2,15,16,17,18). The summed E-state index contributed by atoms with van der Waals surface area (Å²) in [5.74, 6) is 0.374. The SMILES string of the molecule is O=C(CSc1ccccn1)NC(=O)NCc1ccco1. The number of hydrogen-bond acceptors (Lipinski definition) is 5. The predicted molar refractivity (Wildman–Crippen MR) is 74.0 cm³/mol. The molecule has 0 aliphatic carbocycles. The number of thioether (sulfide) groups is 1. The lowest BCUT2D eigenvalue weighted by Crippen LogP contribution is -2.39. The summed E-state index contributed by atoms with van der Waals surface area (Å²) in [5.41, 5.74) is 0. The fourth-order valence-corrected chi connectivity index (χ4v) is 2.02. The molecule has 6 nitrogen and oxygen atoms in total. The van der Waals surface area contributed by atoms with Gasteiger partial charge in [0.1, 0.15) is 5.76 Å². The largest absolute Gasteiger partial charge is 0.467 e. The van der Waals surface area contributed by atoms with Gasteiger partial charge in [-0.2, -0.15) is 0 Å². The van der Waals surface area contributed by atoms with Crippen LogP contribution in [0.2, 0.25) is 0 Å². The molecular weight excluding hydrogens is 278 g/mol. The maximum atomic E-state index is 11.5. The van der Waals surface area contributed by atoms with E-state index in [2.05, 4.69) is 15.6 Å². The second-order valence-corrected chi connectivity index (χ2v) is 4.76. The quantitative estimate of drug-likeness (QED) is 0.820. The molecule has 2 heterocycles. The number of carbonyl (C=O) groups excluding carboxylic acids is 2. The zero-order valence-corrected chi connectivity index (χ0v) is 11.4. The summed E-state index contributed by atoms with van der Waals surface area (Å²) in [5, 5.41) is 5.49. The molecule has 0 radical (unpaired) electrons. The van der Waals surface area contributed by atoms with Gasteiger partial charge in [-0.25, -0.2) is 9.78 Å². The molecule has 0 aliphatic heterocycles. The number of pyridine rings is 1. The van der Waals surface area contributed by atoms with Gasteiger partial charge in [0.15, 0.2) is 0 Å². The second-order valence-electron chi connectivity index (χ2n) is 3.77. The van der Waals surface area contributed by atoms with Crippen LogP contribution in [0.1, 0.15) is 5.76 Å². The highest BCUT2D eigenvalue weighted by molar-refractivity contribution is 7.99. The summed E-state index contributed by atoms with van der Waals surface area (Å²) >= 11 is 1.26. The first-order valence-electron chi connectivity index (χ1n) is 5.88. The van der Waals surface area contributed by atoms with E-state index in [1.165, 1.54) is 18.0 Å². The highest BCUT2D eigenvalue weighted by atomic mass is 32.2. The van der Waals surface area contributed by atoms with E-state index in [1.54, 1.807) is 30.5 Å². The van der Waals surface area contributed by atoms with Crippen molar-refractivity contribution < 1.29 is 14.0 Å². The molecule has 0 unspecified atom stereocenters. The van der Waals surface area contributed by atoms with Gasteiger partial charge in [-0.3, -0.25) is 10.1 Å². The minimum Gasteiger partial charge on any atom is -0.467 e. The topological polar surface area (TPSA) is 84.2 Å². The van der Waals surface area contributed by atoms with E-state index in [0.29, 0.717) is 5.76 Å². The van der Waals surface area contributed by atoms with Crippen molar-refractivity contribution in [2.45, 2.75) is 11.6 Å². The normalized spacial score (nSPS) is 10.0. The second kappa shape index (κ2) is 7.34. The molecule has 2 aromatic rings. The predicted octanol–water partition coefficient (Wildman–Crippen LogP) is 1.79. The Morgan fingerprint density at radius 3 is 2.85 bits per heavy atom. The van der Waals surface area contributed by atoms with Crippen molar-refractivity contribution in [1.82, 2.24) is 15.6 Å². The van der Waals surface area contributed by atoms with Crippen molar-refractivity contribution >= 4 is 23.7 Å². The molecule has 0 fully saturated rings. The van der Waals surface area contributed by atoms with E-state index in [9.17, 15) is 9.59 Å². The Labute approximate surface area is 120 Å². The molecule has 3 amide bonds. The number of aromatic nitrogens is 1. The van der Waals surface area contributed by atoms with Crippen LogP contribution in [0, 0.1) is 0 Å². The first-order chi connectivity index (χ1) is 9.74. The molecule has 0 saturated carbocycles. The Hall–Kier alpha value is -2.28. The summed E-state index contributed by atoms with van der Waals surface area (Å²) in [6, 6.07) is 8.35. The maximum absolute atomic E-state index is 11.5. The summed E-state index contributed by atoms with van der Waals surface area (Å²) in [7, 11) is 0. The number of furan rings is 1. The van der Waals surface area contributed by atoms with Gasteiger partial charge in [0, 0.05) is 6.20 Å². The van der Waals surface area contributed by atoms with Crippen LogP contribution in [0.25, 0.3) is 0 Å². The van der Waals surface area contributed by atoms with Gasteiger partial charge in [-0.1, -0.05) is 17.8 Å². The fourth-order valence-electron chi connectivity index (χ4n) is 1.36. The van der Waals surface area contributed by atoms with Gasteiger partial charge in [-0.15, -0.1) is 0 Å². The van der Waals surface area contributed by atoms with Crippen LogP contribution >= 0.6 is 11.8 Å². The average molecular weight is 291 g/mol. The molecule has 0 spiro atoms. The molecule has 0 saturated heterocycles. The molecule has 7 heteroatoms. The minimum absolute atomic E-state index is 0.130. The zero-order valence-electron chi connectivity index (χ0n) is 10.5. The summed E-state index contributed by atoms with van der Waals surface area (Å²) in [4.78, 5) is 27.1. The van der Waals surface area contributed by atoms with Crippen LogP contribution in [0.15, 0.2) is 52.2 Å². The lowest BCUT2D eigenvalue weighted by atomic mass is 10.4. The Bertz CT molecular complexity index is 558. The number of hydrogen-bond donors (Lipinski definition) is 2. The molecule has 2 rings (SSSR count). The summed E-state index contributed by atoms with van der Waals surface area (Å²) in [6.07, 6.45) is 3.17. The van der Waals surface area contributed by atoms with E-state index >= 15 is 0 Å². The zero-order chi connectivity index (χ0) is 14.2. The molecular formula is C13H13N3O3S. The molecule has 2 N–H and O–H groups in total. The lowest BCUT2D eigenvalue weighted by Gasteiger charge is -2.05. The fraction of sp³-hybridized carbons (Fsp3) is 0.154. The molecule has 104 valence electrons. The van der Waals surface area contributed by atoms with Crippen LogP contribution in [-0.4, -0.2) is 22.7 Å². The van der Waals surface area contributed by atoms with Crippen LogP contribution in [0.5, 0.6) is 0 Å². The molecule has 20 heavy (non-hydrogen) atoms. The molecule has 0 atom stereocenters. The van der Waals surface area contributed by atoms with Crippen molar-refractivity contribution in [2.24, 2.45) is 0 Å². The van der Waals surface area contributed by atoms with E-state index in [0.717, 1.165) is 5.03 Å². The Balaban J connectivity index is 1.67. The van der Waals surface area contributed by atoms with Gasteiger partial charge in [0.25, 0.3) is 0 Å². The molecule has 0 aromatic carbocycles. The van der Waals surface area contributed by atoms with Crippen LogP contribution in [-0.2, 0) is 11.3 Å². The average Bonchev–Trinajstić information content (AvgIpc) is 2.97. The Morgan fingerprint density at radius 1 is 1.25 bits per heavy atom. The first kappa shape index (κ1) is 14.1. The van der Waals surface area contributed by atoms with Crippen molar-refractivity contribution in [2.75, 3.05) is 5.75 Å². The van der Waals surface area contributed by atoms with Gasteiger partial charge >= 0.3 is 6.03 Å². The van der Waals surface area contributed by atoms with Crippen LogP contribution in [0.4, 0.5) is 4.79 Å². The Kier molecular flexibility index (Phi) is 5.19. The van der Waals surface area contributed by atoms with E-state index < -0.39 is 6.03 Å². The van der Waals surface area contributed by atoms with Gasteiger partial charge in [0.05, 0.1) is 23.6 Å². The van der Waals surface area contributed by atoms with E-state index in [4.69, 9.17) is 4.42 Å². The number of nitrogens with one attached hydrogen (secondary N) is 2.